The Morgan fingerprint density at radius 3 is 2.92 bits per heavy atom. The van der Waals surface area contributed by atoms with Crippen LogP contribution in [0.1, 0.15) is 12.0 Å². The zero-order chi connectivity index (χ0) is 8.55. The summed E-state index contributed by atoms with van der Waals surface area (Å²) in [4.78, 5) is 11.8. The SMILES string of the molecule is O=C1CC(=S)c2ccccc2N1. The Hall–Kier alpha value is -1.22. The van der Waals surface area contributed by atoms with Crippen LogP contribution in [0.25, 0.3) is 0 Å². The molecule has 60 valence electrons. The molecule has 0 radical (unpaired) electrons. The van der Waals surface area contributed by atoms with Gasteiger partial charge in [0, 0.05) is 16.1 Å². The molecule has 1 N–H and O–H groups in total. The van der Waals surface area contributed by atoms with Crippen LogP contribution >= 0.6 is 12.2 Å². The Morgan fingerprint density at radius 2 is 2.08 bits per heavy atom. The van der Waals surface area contributed by atoms with Crippen LogP contribution in [0.2, 0.25) is 0 Å². The van der Waals surface area contributed by atoms with Crippen molar-refractivity contribution in [2.75, 3.05) is 5.32 Å². The highest BCUT2D eigenvalue weighted by atomic mass is 32.1. The summed E-state index contributed by atoms with van der Waals surface area (Å²) < 4.78 is 0. The lowest BCUT2D eigenvalue weighted by molar-refractivity contribution is -0.115. The summed E-state index contributed by atoms with van der Waals surface area (Å²) in [5, 5.41) is 2.76. The maximum Gasteiger partial charge on any atom is 0.229 e. The molecular weight excluding hydrogens is 170 g/mol. The van der Waals surface area contributed by atoms with Crippen LogP contribution in [0.3, 0.4) is 0 Å². The van der Waals surface area contributed by atoms with Crippen molar-refractivity contribution in [3.8, 4) is 0 Å². The molecule has 0 spiro atoms. The Bertz CT molecular complexity index is 359. The van der Waals surface area contributed by atoms with Crippen molar-refractivity contribution in [2.24, 2.45) is 0 Å². The summed E-state index contributed by atoms with van der Waals surface area (Å²) in [5.41, 5.74) is 1.81. The fraction of sp³-hybridized carbons (Fsp3) is 0.111. The predicted molar refractivity (Wildman–Crippen MR) is 51.4 cm³/mol. The Balaban J connectivity index is 2.54. The van der Waals surface area contributed by atoms with Crippen LogP contribution in [-0.2, 0) is 4.79 Å². The van der Waals surface area contributed by atoms with E-state index >= 15 is 0 Å². The van der Waals surface area contributed by atoms with Crippen LogP contribution < -0.4 is 5.32 Å². The highest BCUT2D eigenvalue weighted by Gasteiger charge is 2.17. The van der Waals surface area contributed by atoms with Gasteiger partial charge in [0.05, 0.1) is 6.42 Å². The Labute approximate surface area is 75.6 Å². The number of amides is 1. The number of nitrogens with one attached hydrogen (secondary N) is 1. The minimum atomic E-state index is -0.0151. The molecule has 2 rings (SSSR count). The first-order valence-electron chi connectivity index (χ1n) is 3.69. The van der Waals surface area contributed by atoms with Gasteiger partial charge in [-0.2, -0.15) is 0 Å². The van der Waals surface area contributed by atoms with E-state index in [9.17, 15) is 4.79 Å². The third kappa shape index (κ3) is 1.12. The summed E-state index contributed by atoms with van der Waals surface area (Å²) in [6, 6.07) is 7.59. The van der Waals surface area contributed by atoms with E-state index in [1.165, 1.54) is 0 Å². The summed E-state index contributed by atoms with van der Waals surface area (Å²) in [5.74, 6) is -0.0151. The van der Waals surface area contributed by atoms with Gasteiger partial charge in [0.25, 0.3) is 0 Å². The number of rotatable bonds is 0. The van der Waals surface area contributed by atoms with E-state index in [0.717, 1.165) is 16.1 Å². The molecular formula is C9H7NOS. The zero-order valence-electron chi connectivity index (χ0n) is 6.33. The number of carbonyl (C=O) groups excluding carboxylic acids is 1. The van der Waals surface area contributed by atoms with Crippen molar-refractivity contribution in [3.63, 3.8) is 0 Å². The van der Waals surface area contributed by atoms with Crippen molar-refractivity contribution < 1.29 is 4.79 Å². The van der Waals surface area contributed by atoms with Crippen molar-refractivity contribution in [3.05, 3.63) is 29.8 Å². The fourth-order valence-corrected chi connectivity index (χ4v) is 1.58. The quantitative estimate of drug-likeness (QED) is 0.612. The van der Waals surface area contributed by atoms with Crippen LogP contribution in [-0.4, -0.2) is 10.8 Å². The first-order valence-corrected chi connectivity index (χ1v) is 4.10. The topological polar surface area (TPSA) is 29.1 Å². The molecule has 0 saturated heterocycles. The molecule has 1 aromatic carbocycles. The molecule has 0 unspecified atom stereocenters. The van der Waals surface area contributed by atoms with Crippen LogP contribution in [0.4, 0.5) is 5.69 Å². The number of thiocarbonyl (C=S) groups is 1. The van der Waals surface area contributed by atoms with E-state index in [1.54, 1.807) is 0 Å². The van der Waals surface area contributed by atoms with Crippen LogP contribution in [0, 0.1) is 0 Å². The summed E-state index contributed by atoms with van der Waals surface area (Å²) in [6.45, 7) is 0. The minimum absolute atomic E-state index is 0.0151. The molecule has 0 fully saturated rings. The zero-order valence-corrected chi connectivity index (χ0v) is 7.15. The molecule has 12 heavy (non-hydrogen) atoms. The molecule has 0 aliphatic carbocycles. The number of hydrogen-bond acceptors (Lipinski definition) is 2. The molecule has 0 bridgehead atoms. The van der Waals surface area contributed by atoms with E-state index in [1.807, 2.05) is 24.3 Å². The Kier molecular flexibility index (Phi) is 1.66. The minimum Gasteiger partial charge on any atom is -0.325 e. The number of para-hydroxylation sites is 1. The van der Waals surface area contributed by atoms with Gasteiger partial charge in [0.2, 0.25) is 5.91 Å². The van der Waals surface area contributed by atoms with E-state index in [2.05, 4.69) is 5.32 Å². The van der Waals surface area contributed by atoms with Gasteiger partial charge in [0.15, 0.2) is 0 Å². The van der Waals surface area contributed by atoms with Crippen LogP contribution in [0.15, 0.2) is 24.3 Å². The van der Waals surface area contributed by atoms with E-state index < -0.39 is 0 Å². The van der Waals surface area contributed by atoms with Crippen molar-refractivity contribution in [1.82, 2.24) is 0 Å². The van der Waals surface area contributed by atoms with Crippen molar-refractivity contribution in [1.29, 1.82) is 0 Å². The molecule has 0 aromatic heterocycles. The smallest absolute Gasteiger partial charge is 0.229 e. The molecule has 1 aliphatic heterocycles. The number of anilines is 1. The second-order valence-corrected chi connectivity index (χ2v) is 3.19. The molecule has 1 heterocycles. The maximum absolute atomic E-state index is 11.0. The highest BCUT2D eigenvalue weighted by molar-refractivity contribution is 7.81. The molecule has 3 heteroatoms. The largest absolute Gasteiger partial charge is 0.325 e. The Morgan fingerprint density at radius 1 is 1.33 bits per heavy atom. The second-order valence-electron chi connectivity index (χ2n) is 2.69. The number of benzene rings is 1. The average molecular weight is 177 g/mol. The summed E-state index contributed by atoms with van der Waals surface area (Å²) >= 11 is 5.08. The lowest BCUT2D eigenvalue weighted by atomic mass is 10.0. The number of hydrogen-bond donors (Lipinski definition) is 1. The predicted octanol–water partition coefficient (Wildman–Crippen LogP) is 1.75. The lowest BCUT2D eigenvalue weighted by Gasteiger charge is -2.16. The van der Waals surface area contributed by atoms with Gasteiger partial charge < -0.3 is 5.32 Å². The first-order chi connectivity index (χ1) is 5.77. The fourth-order valence-electron chi connectivity index (χ4n) is 1.27. The molecule has 2 nitrogen and oxygen atoms in total. The average Bonchev–Trinajstić information content (AvgIpc) is 2.04. The van der Waals surface area contributed by atoms with Gasteiger partial charge in [-0.3, -0.25) is 4.79 Å². The summed E-state index contributed by atoms with van der Waals surface area (Å²) in [6.07, 6.45) is 0.340. The van der Waals surface area contributed by atoms with E-state index in [-0.39, 0.29) is 5.91 Å². The van der Waals surface area contributed by atoms with Gasteiger partial charge >= 0.3 is 0 Å². The molecule has 1 amide bonds. The maximum atomic E-state index is 11.0. The molecule has 1 aromatic rings. The normalized spacial score (nSPS) is 15.3. The number of carbonyl (C=O) groups is 1. The standard InChI is InChI=1S/C9H7NOS/c11-9-5-8(12)6-3-1-2-4-7(6)10-9/h1-4H,5H2,(H,10,11). The van der Waals surface area contributed by atoms with Crippen molar-refractivity contribution >= 4 is 28.7 Å². The van der Waals surface area contributed by atoms with Crippen LogP contribution in [0.5, 0.6) is 0 Å². The highest BCUT2D eigenvalue weighted by Crippen LogP contribution is 2.21. The third-order valence-electron chi connectivity index (χ3n) is 1.82. The third-order valence-corrected chi connectivity index (χ3v) is 2.19. The number of fused-ring (bicyclic) bond motifs is 1. The van der Waals surface area contributed by atoms with Crippen molar-refractivity contribution in [2.45, 2.75) is 6.42 Å². The van der Waals surface area contributed by atoms with Gasteiger partial charge in [-0.25, -0.2) is 0 Å². The van der Waals surface area contributed by atoms with Gasteiger partial charge in [-0.15, -0.1) is 0 Å². The molecule has 0 saturated carbocycles. The van der Waals surface area contributed by atoms with Gasteiger partial charge in [-0.05, 0) is 6.07 Å². The second kappa shape index (κ2) is 2.68. The van der Waals surface area contributed by atoms with E-state index in [0.29, 0.717) is 6.42 Å². The molecule has 1 aliphatic rings. The van der Waals surface area contributed by atoms with E-state index in [4.69, 9.17) is 12.2 Å². The van der Waals surface area contributed by atoms with Gasteiger partial charge in [0.1, 0.15) is 0 Å². The van der Waals surface area contributed by atoms with Gasteiger partial charge in [-0.1, -0.05) is 30.4 Å². The monoisotopic (exact) mass is 177 g/mol. The summed E-state index contributed by atoms with van der Waals surface area (Å²) in [7, 11) is 0. The molecule has 0 atom stereocenters. The first kappa shape index (κ1) is 7.43. The lowest BCUT2D eigenvalue weighted by Crippen LogP contribution is -2.23.